The smallest absolute Gasteiger partial charge is 0.213 e. The molecule has 122 valence electrons. The molecular weight excluding hydrogens is 303 g/mol. The van der Waals surface area contributed by atoms with E-state index in [4.69, 9.17) is 0 Å². The van der Waals surface area contributed by atoms with Gasteiger partial charge in [-0.25, -0.2) is 17.1 Å². The van der Waals surface area contributed by atoms with Crippen LogP contribution in [0.25, 0.3) is 0 Å². The van der Waals surface area contributed by atoms with Crippen LogP contribution in [-0.4, -0.2) is 49.6 Å². The zero-order valence-corrected chi connectivity index (χ0v) is 13.8. The van der Waals surface area contributed by atoms with Crippen LogP contribution in [-0.2, 0) is 16.6 Å². The van der Waals surface area contributed by atoms with Crippen LogP contribution in [0.5, 0.6) is 0 Å². The molecule has 22 heavy (non-hydrogen) atoms. The lowest BCUT2D eigenvalue weighted by molar-refractivity contribution is 0.258. The molecule has 0 bridgehead atoms. The van der Waals surface area contributed by atoms with Gasteiger partial charge in [-0.3, -0.25) is 4.90 Å². The minimum Gasteiger partial charge on any atom is -0.298 e. The summed E-state index contributed by atoms with van der Waals surface area (Å²) in [4.78, 5) is 2.25. The van der Waals surface area contributed by atoms with Crippen LogP contribution in [0.1, 0.15) is 25.3 Å². The van der Waals surface area contributed by atoms with Crippen molar-refractivity contribution in [3.05, 3.63) is 35.6 Å². The van der Waals surface area contributed by atoms with Crippen molar-refractivity contribution in [3.63, 3.8) is 0 Å². The summed E-state index contributed by atoms with van der Waals surface area (Å²) < 4.78 is 39.4. The molecule has 6 heteroatoms. The van der Waals surface area contributed by atoms with Crippen molar-refractivity contribution < 1.29 is 12.8 Å². The lowest BCUT2D eigenvalue weighted by atomic mass is 9.86. The highest BCUT2D eigenvalue weighted by molar-refractivity contribution is 7.89. The Bertz CT molecular complexity index is 649. The molecule has 1 aromatic carbocycles. The Kier molecular flexibility index (Phi) is 4.27. The molecule has 0 amide bonds. The van der Waals surface area contributed by atoms with Gasteiger partial charge in [-0.1, -0.05) is 18.2 Å². The number of halogens is 1. The van der Waals surface area contributed by atoms with Gasteiger partial charge in [0.15, 0.2) is 0 Å². The summed E-state index contributed by atoms with van der Waals surface area (Å²) >= 11 is 0. The lowest BCUT2D eigenvalue weighted by Gasteiger charge is -2.24. The van der Waals surface area contributed by atoms with Crippen LogP contribution < -0.4 is 0 Å². The van der Waals surface area contributed by atoms with Crippen LogP contribution in [0.2, 0.25) is 0 Å². The zero-order valence-electron chi connectivity index (χ0n) is 13.0. The number of benzene rings is 1. The number of likely N-dealkylation sites (tertiary alicyclic amines) is 1. The molecule has 0 unspecified atom stereocenters. The Morgan fingerprint density at radius 3 is 2.64 bits per heavy atom. The summed E-state index contributed by atoms with van der Waals surface area (Å²) in [6, 6.07) is 6.87. The number of rotatable bonds is 4. The number of sulfonamides is 1. The van der Waals surface area contributed by atoms with Gasteiger partial charge in [0.2, 0.25) is 10.0 Å². The first kappa shape index (κ1) is 15.9. The average molecular weight is 326 g/mol. The molecule has 0 radical (unpaired) electrons. The molecule has 0 saturated carbocycles. The molecule has 1 spiro atoms. The summed E-state index contributed by atoms with van der Waals surface area (Å²) in [5, 5.41) is 0. The van der Waals surface area contributed by atoms with Crippen LogP contribution in [0.15, 0.2) is 24.3 Å². The predicted molar refractivity (Wildman–Crippen MR) is 84.4 cm³/mol. The molecular formula is C16H23FN2O2S. The second-order valence-electron chi connectivity index (χ2n) is 6.54. The van der Waals surface area contributed by atoms with E-state index in [0.717, 1.165) is 31.5 Å². The average Bonchev–Trinajstić information content (AvgIpc) is 3.10. The molecule has 2 heterocycles. The quantitative estimate of drug-likeness (QED) is 0.850. The second kappa shape index (κ2) is 5.91. The van der Waals surface area contributed by atoms with Gasteiger partial charge >= 0.3 is 0 Å². The fourth-order valence-electron chi connectivity index (χ4n) is 3.68. The third-order valence-corrected chi connectivity index (χ3v) is 6.86. The minimum absolute atomic E-state index is 0.0630. The summed E-state index contributed by atoms with van der Waals surface area (Å²) in [6.45, 7) is 5.32. The molecule has 2 aliphatic heterocycles. The van der Waals surface area contributed by atoms with Gasteiger partial charge in [-0.15, -0.1) is 0 Å². The maximum Gasteiger partial charge on any atom is 0.213 e. The molecule has 2 saturated heterocycles. The van der Waals surface area contributed by atoms with Crippen LogP contribution in [0.4, 0.5) is 4.39 Å². The minimum atomic E-state index is -3.09. The molecule has 1 aromatic rings. The van der Waals surface area contributed by atoms with E-state index in [1.807, 2.05) is 12.1 Å². The van der Waals surface area contributed by atoms with Gasteiger partial charge in [0.05, 0.1) is 5.75 Å². The summed E-state index contributed by atoms with van der Waals surface area (Å²) in [5.41, 5.74) is 0.781. The van der Waals surface area contributed by atoms with Gasteiger partial charge in [-0.05, 0) is 37.8 Å². The van der Waals surface area contributed by atoms with Crippen molar-refractivity contribution in [2.24, 2.45) is 5.41 Å². The molecule has 0 N–H and O–H groups in total. The summed E-state index contributed by atoms with van der Waals surface area (Å²) in [5.74, 6) is 0.00669. The highest BCUT2D eigenvalue weighted by Gasteiger charge is 2.46. The Labute approximate surface area is 132 Å². The first-order chi connectivity index (χ1) is 10.4. The van der Waals surface area contributed by atoms with Crippen LogP contribution >= 0.6 is 0 Å². The highest BCUT2D eigenvalue weighted by Crippen LogP contribution is 2.40. The summed E-state index contributed by atoms with van der Waals surface area (Å²) in [6.07, 6.45) is 1.91. The number of hydrogen-bond donors (Lipinski definition) is 0. The Balaban J connectivity index is 1.65. The molecule has 3 rings (SSSR count). The lowest BCUT2D eigenvalue weighted by Crippen LogP contribution is -2.34. The first-order valence-corrected chi connectivity index (χ1v) is 9.49. The van der Waals surface area contributed by atoms with Crippen LogP contribution in [0, 0.1) is 11.2 Å². The SMILES string of the molecule is CCS(=O)(=O)N1CC[C@@]2(CCN(Cc3ccccc3F)C2)C1. The molecule has 0 aliphatic carbocycles. The van der Waals surface area contributed by atoms with E-state index in [1.54, 1.807) is 17.3 Å². The third-order valence-electron chi connectivity index (χ3n) is 5.03. The van der Waals surface area contributed by atoms with Crippen molar-refractivity contribution >= 4 is 10.0 Å². The Morgan fingerprint density at radius 1 is 1.18 bits per heavy atom. The highest BCUT2D eigenvalue weighted by atomic mass is 32.2. The fraction of sp³-hybridized carbons (Fsp3) is 0.625. The molecule has 2 aliphatic rings. The van der Waals surface area contributed by atoms with E-state index in [-0.39, 0.29) is 17.0 Å². The topological polar surface area (TPSA) is 40.6 Å². The van der Waals surface area contributed by atoms with Crippen molar-refractivity contribution in [1.82, 2.24) is 9.21 Å². The molecule has 1 atom stereocenters. The standard InChI is InChI=1S/C16H23FN2O2S/c1-2-22(20,21)19-10-8-16(13-19)7-9-18(12-16)11-14-5-3-4-6-15(14)17/h3-6H,2,7-13H2,1H3/t16-/m1/s1. The van der Waals surface area contributed by atoms with Gasteiger partial charge in [-0.2, -0.15) is 0 Å². The van der Waals surface area contributed by atoms with E-state index in [0.29, 0.717) is 19.6 Å². The monoisotopic (exact) mass is 326 g/mol. The van der Waals surface area contributed by atoms with E-state index in [2.05, 4.69) is 4.90 Å². The maximum absolute atomic E-state index is 13.8. The molecule has 0 aromatic heterocycles. The second-order valence-corrected chi connectivity index (χ2v) is 8.79. The Hall–Kier alpha value is -0.980. The van der Waals surface area contributed by atoms with Crippen molar-refractivity contribution in [2.75, 3.05) is 31.9 Å². The summed E-state index contributed by atoms with van der Waals surface area (Å²) in [7, 11) is -3.09. The van der Waals surface area contributed by atoms with Crippen molar-refractivity contribution in [2.45, 2.75) is 26.3 Å². The van der Waals surface area contributed by atoms with E-state index >= 15 is 0 Å². The third kappa shape index (κ3) is 3.05. The fourth-order valence-corrected chi connectivity index (χ4v) is 4.88. The number of hydrogen-bond acceptors (Lipinski definition) is 3. The van der Waals surface area contributed by atoms with E-state index in [9.17, 15) is 12.8 Å². The maximum atomic E-state index is 13.8. The predicted octanol–water partition coefficient (Wildman–Crippen LogP) is 2.07. The largest absolute Gasteiger partial charge is 0.298 e. The number of nitrogens with zero attached hydrogens (tertiary/aromatic N) is 2. The van der Waals surface area contributed by atoms with Crippen molar-refractivity contribution in [3.8, 4) is 0 Å². The van der Waals surface area contributed by atoms with E-state index in [1.165, 1.54) is 6.07 Å². The van der Waals surface area contributed by atoms with Gasteiger partial charge in [0.1, 0.15) is 5.82 Å². The first-order valence-electron chi connectivity index (χ1n) is 7.88. The van der Waals surface area contributed by atoms with Gasteiger partial charge in [0.25, 0.3) is 0 Å². The van der Waals surface area contributed by atoms with E-state index < -0.39 is 10.0 Å². The Morgan fingerprint density at radius 2 is 1.91 bits per heavy atom. The molecule has 4 nitrogen and oxygen atoms in total. The van der Waals surface area contributed by atoms with Gasteiger partial charge < -0.3 is 0 Å². The van der Waals surface area contributed by atoms with Gasteiger partial charge in [0, 0.05) is 31.7 Å². The molecule has 2 fully saturated rings. The van der Waals surface area contributed by atoms with Crippen molar-refractivity contribution in [1.29, 1.82) is 0 Å². The zero-order chi connectivity index (χ0) is 15.8. The normalized spacial score (nSPS) is 27.0. The van der Waals surface area contributed by atoms with Crippen LogP contribution in [0.3, 0.4) is 0 Å².